The first-order chi connectivity index (χ1) is 17.8. The monoisotopic (exact) mass is 513 g/mol. The Kier molecular flexibility index (Phi) is 10.3. The first-order valence-corrected chi connectivity index (χ1v) is 12.5. The van der Waals surface area contributed by atoms with E-state index < -0.39 is 0 Å². The second-order valence-electron chi connectivity index (χ2n) is 9.53. The lowest BCUT2D eigenvalue weighted by molar-refractivity contribution is -0.119. The van der Waals surface area contributed by atoms with Crippen LogP contribution in [0.3, 0.4) is 0 Å². The first kappa shape index (κ1) is 28.4. The minimum Gasteiger partial charge on any atom is -0.496 e. The van der Waals surface area contributed by atoms with Crippen LogP contribution in [0.1, 0.15) is 29.8 Å². The van der Waals surface area contributed by atoms with E-state index in [0.29, 0.717) is 36.7 Å². The van der Waals surface area contributed by atoms with Gasteiger partial charge in [0.1, 0.15) is 24.7 Å². The number of fused-ring (bicyclic) bond motifs is 1. The molecule has 0 aliphatic carbocycles. The first-order valence-electron chi connectivity index (χ1n) is 12.5. The fraction of sp³-hybridized carbons (Fsp3) is 0.500. The molecule has 0 saturated carbocycles. The molecule has 202 valence electrons. The Balaban J connectivity index is 1.94. The lowest BCUT2D eigenvalue weighted by Gasteiger charge is -2.36. The SMILES string of the molecule is COCC(=O)Nc1ccc2c(c1)C(=O)N(C)C[C@H](OC)[C@H](C)CN(Cc1ccccc1OC)[C@H](C)CO2. The van der Waals surface area contributed by atoms with E-state index in [2.05, 4.69) is 30.1 Å². The second kappa shape index (κ2) is 13.4. The van der Waals surface area contributed by atoms with Crippen LogP contribution < -0.4 is 14.8 Å². The molecule has 9 heteroatoms. The molecule has 1 N–H and O–H groups in total. The fourth-order valence-corrected chi connectivity index (χ4v) is 4.53. The van der Waals surface area contributed by atoms with Crippen LogP contribution in [-0.4, -0.2) is 88.4 Å². The van der Waals surface area contributed by atoms with Crippen molar-refractivity contribution in [2.24, 2.45) is 5.92 Å². The van der Waals surface area contributed by atoms with Crippen molar-refractivity contribution in [2.75, 3.05) is 60.0 Å². The van der Waals surface area contributed by atoms with Gasteiger partial charge in [-0.25, -0.2) is 0 Å². The van der Waals surface area contributed by atoms with Gasteiger partial charge >= 0.3 is 0 Å². The van der Waals surface area contributed by atoms with Crippen LogP contribution in [0.2, 0.25) is 0 Å². The van der Waals surface area contributed by atoms with Crippen LogP contribution in [0.4, 0.5) is 5.69 Å². The van der Waals surface area contributed by atoms with Gasteiger partial charge in [0.2, 0.25) is 5.91 Å². The average molecular weight is 514 g/mol. The fourth-order valence-electron chi connectivity index (χ4n) is 4.53. The second-order valence-corrected chi connectivity index (χ2v) is 9.53. The predicted molar refractivity (Wildman–Crippen MR) is 142 cm³/mol. The van der Waals surface area contributed by atoms with Gasteiger partial charge < -0.3 is 29.2 Å². The molecule has 0 aromatic heterocycles. The van der Waals surface area contributed by atoms with Crippen molar-refractivity contribution in [1.82, 2.24) is 9.80 Å². The Bertz CT molecular complexity index is 1060. The Labute approximate surface area is 219 Å². The minimum atomic E-state index is -0.300. The zero-order valence-corrected chi connectivity index (χ0v) is 22.7. The highest BCUT2D eigenvalue weighted by molar-refractivity contribution is 5.99. The number of rotatable bonds is 7. The molecule has 1 aliphatic rings. The standard InChI is InChI=1S/C28H39N3O6/c1-19-14-31(15-21-9-7-8-10-24(21)35-5)20(2)17-37-25-12-11-22(29-27(32)18-34-4)13-23(25)28(33)30(3)16-26(19)36-6/h7-13,19-20,26H,14-18H2,1-6H3,(H,29,32)/t19-,20-,26+/m1/s1. The maximum atomic E-state index is 13.5. The summed E-state index contributed by atoms with van der Waals surface area (Å²) in [6, 6.07) is 13.1. The van der Waals surface area contributed by atoms with Crippen LogP contribution >= 0.6 is 0 Å². The number of carbonyl (C=O) groups is 2. The number of ether oxygens (including phenoxy) is 4. The van der Waals surface area contributed by atoms with Gasteiger partial charge in [0.25, 0.3) is 5.91 Å². The molecule has 2 aromatic rings. The molecule has 2 aromatic carbocycles. The van der Waals surface area contributed by atoms with Crippen molar-refractivity contribution in [3.8, 4) is 11.5 Å². The van der Waals surface area contributed by atoms with Gasteiger partial charge in [-0.15, -0.1) is 0 Å². The number of hydrogen-bond acceptors (Lipinski definition) is 7. The molecule has 0 bridgehead atoms. The minimum absolute atomic E-state index is 0.0334. The van der Waals surface area contributed by atoms with Crippen molar-refractivity contribution in [3.05, 3.63) is 53.6 Å². The third-order valence-electron chi connectivity index (χ3n) is 6.70. The summed E-state index contributed by atoms with van der Waals surface area (Å²) in [4.78, 5) is 29.5. The molecule has 0 spiro atoms. The van der Waals surface area contributed by atoms with Gasteiger partial charge in [-0.3, -0.25) is 14.5 Å². The molecular formula is C28H39N3O6. The molecule has 37 heavy (non-hydrogen) atoms. The average Bonchev–Trinajstić information content (AvgIpc) is 2.89. The Hall–Kier alpha value is -3.14. The van der Waals surface area contributed by atoms with E-state index in [-0.39, 0.29) is 36.5 Å². The van der Waals surface area contributed by atoms with E-state index in [0.717, 1.165) is 17.9 Å². The van der Waals surface area contributed by atoms with Crippen LogP contribution in [0, 0.1) is 5.92 Å². The number of benzene rings is 2. The Morgan fingerprint density at radius 1 is 1.11 bits per heavy atom. The summed E-state index contributed by atoms with van der Waals surface area (Å²) >= 11 is 0. The Morgan fingerprint density at radius 2 is 1.86 bits per heavy atom. The van der Waals surface area contributed by atoms with E-state index in [1.807, 2.05) is 18.2 Å². The highest BCUT2D eigenvalue weighted by Crippen LogP contribution is 2.27. The zero-order chi connectivity index (χ0) is 26.9. The molecule has 3 rings (SSSR count). The maximum absolute atomic E-state index is 13.5. The lowest BCUT2D eigenvalue weighted by Crippen LogP contribution is -2.46. The van der Waals surface area contributed by atoms with E-state index in [1.54, 1.807) is 44.4 Å². The van der Waals surface area contributed by atoms with Gasteiger partial charge in [-0.1, -0.05) is 25.1 Å². The third-order valence-corrected chi connectivity index (χ3v) is 6.70. The molecule has 0 saturated heterocycles. The summed E-state index contributed by atoms with van der Waals surface area (Å²) in [5.74, 6) is 0.943. The molecule has 0 unspecified atom stereocenters. The number of anilines is 1. The number of carbonyl (C=O) groups excluding carboxylic acids is 2. The van der Waals surface area contributed by atoms with Gasteiger partial charge in [-0.05, 0) is 37.1 Å². The third kappa shape index (κ3) is 7.44. The van der Waals surface area contributed by atoms with Crippen LogP contribution in [0.15, 0.2) is 42.5 Å². The normalized spacial score (nSPS) is 21.3. The van der Waals surface area contributed by atoms with Gasteiger partial charge in [0, 0.05) is 58.2 Å². The number of para-hydroxylation sites is 1. The lowest BCUT2D eigenvalue weighted by atomic mass is 10.0. The van der Waals surface area contributed by atoms with Crippen molar-refractivity contribution < 1.29 is 28.5 Å². The molecule has 1 heterocycles. The number of hydrogen-bond donors (Lipinski definition) is 1. The van der Waals surface area contributed by atoms with Crippen molar-refractivity contribution >= 4 is 17.5 Å². The summed E-state index contributed by atoms with van der Waals surface area (Å²) in [6.07, 6.45) is -0.172. The molecule has 1 aliphatic heterocycles. The van der Waals surface area contributed by atoms with Gasteiger partial charge in [-0.2, -0.15) is 0 Å². The maximum Gasteiger partial charge on any atom is 0.257 e. The summed E-state index contributed by atoms with van der Waals surface area (Å²) in [6.45, 7) is 6.39. The van der Waals surface area contributed by atoms with Crippen molar-refractivity contribution in [1.29, 1.82) is 0 Å². The predicted octanol–water partition coefficient (Wildman–Crippen LogP) is 3.29. The summed E-state index contributed by atoms with van der Waals surface area (Å²) in [5, 5.41) is 2.76. The van der Waals surface area contributed by atoms with Crippen LogP contribution in [0.25, 0.3) is 0 Å². The molecule has 9 nitrogen and oxygen atoms in total. The Morgan fingerprint density at radius 3 is 2.57 bits per heavy atom. The number of likely N-dealkylation sites (N-methyl/N-ethyl adjacent to an activating group) is 1. The van der Waals surface area contributed by atoms with Gasteiger partial charge in [0.05, 0.1) is 18.8 Å². The van der Waals surface area contributed by atoms with E-state index >= 15 is 0 Å². The summed E-state index contributed by atoms with van der Waals surface area (Å²) < 4.78 is 22.6. The van der Waals surface area contributed by atoms with Crippen LogP contribution in [-0.2, 0) is 20.8 Å². The van der Waals surface area contributed by atoms with E-state index in [1.165, 1.54) is 7.11 Å². The van der Waals surface area contributed by atoms with Gasteiger partial charge in [0.15, 0.2) is 0 Å². The highest BCUT2D eigenvalue weighted by Gasteiger charge is 2.29. The topological polar surface area (TPSA) is 89.6 Å². The van der Waals surface area contributed by atoms with Crippen LogP contribution in [0.5, 0.6) is 11.5 Å². The number of amides is 2. The smallest absolute Gasteiger partial charge is 0.257 e. The zero-order valence-electron chi connectivity index (χ0n) is 22.7. The quantitative estimate of drug-likeness (QED) is 0.608. The summed E-state index contributed by atoms with van der Waals surface area (Å²) in [7, 11) is 6.57. The summed E-state index contributed by atoms with van der Waals surface area (Å²) in [5.41, 5.74) is 1.97. The number of nitrogens with one attached hydrogen (secondary N) is 1. The number of methoxy groups -OCH3 is 3. The van der Waals surface area contributed by atoms with E-state index in [9.17, 15) is 9.59 Å². The number of nitrogens with zero attached hydrogens (tertiary/aromatic N) is 2. The molecule has 2 amide bonds. The molecule has 3 atom stereocenters. The van der Waals surface area contributed by atoms with Crippen molar-refractivity contribution in [3.63, 3.8) is 0 Å². The highest BCUT2D eigenvalue weighted by atomic mass is 16.5. The molecule has 0 fully saturated rings. The molecule has 0 radical (unpaired) electrons. The largest absolute Gasteiger partial charge is 0.496 e. The van der Waals surface area contributed by atoms with Crippen molar-refractivity contribution in [2.45, 2.75) is 32.5 Å². The van der Waals surface area contributed by atoms with E-state index in [4.69, 9.17) is 18.9 Å². The molecular weight excluding hydrogens is 474 g/mol.